The Morgan fingerprint density at radius 2 is 0.693 bits per heavy atom. The maximum atomic E-state index is 10.8. The van der Waals surface area contributed by atoms with Crippen LogP contribution in [0.3, 0.4) is 0 Å². The third-order valence-corrected chi connectivity index (χ3v) is 9.47. The molecule has 0 bridgehead atoms. The summed E-state index contributed by atoms with van der Waals surface area (Å²) < 4.78 is 70.4. The van der Waals surface area contributed by atoms with E-state index in [0.29, 0.717) is 4.90 Å². The summed E-state index contributed by atoms with van der Waals surface area (Å²) >= 11 is 3.52. The van der Waals surface area contributed by atoms with E-state index >= 15 is 0 Å². The molecule has 0 spiro atoms. The fourth-order valence-electron chi connectivity index (χ4n) is 3.80. The Labute approximate surface area is 554 Å². The van der Waals surface area contributed by atoms with Gasteiger partial charge in [-0.2, -0.15) is 11.8 Å². The van der Waals surface area contributed by atoms with E-state index in [9.17, 15) is 39.6 Å². The van der Waals surface area contributed by atoms with Gasteiger partial charge in [-0.15, -0.1) is 11.8 Å². The standard InChI is InChI=1S/C8H10O.C8H8O.C7H8O2S.C7H8OS.C7H8O.C7H8S.2C3H6O.C2H6O2S.C2H6OS.C2H6O.C2H6S.6C2H6/c2*1-7(9)8-5-3-2-4-6-8;1-10(8,9)7-5-3-2-4-6-7;1-9(8)7-5-3-2-4-6-7;2*1-8-7-5-3-2-4-6-7;2*1-3(2)4;1-5(2,3)4;1-4(2)3;2*1-3-2;6*1-2/h2-7,9H,1H3;2-6H,1H3;2-6H,1H3;2-6H,1H3;2*2-6H,1H3;2*1-2H3;1-2H3;1-2H3;2*1-2H3;6*1-2H3. The lowest BCUT2D eigenvalue weighted by atomic mass is 10.1. The molecule has 0 amide bonds. The van der Waals surface area contributed by atoms with Crippen molar-refractivity contribution in [3.63, 3.8) is 0 Å². The van der Waals surface area contributed by atoms with E-state index in [2.05, 4.69) is 23.1 Å². The first-order chi connectivity index (χ1) is 41.4. The summed E-state index contributed by atoms with van der Waals surface area (Å²) in [4.78, 5) is 32.1. The third kappa shape index (κ3) is 123. The van der Waals surface area contributed by atoms with E-state index in [4.69, 9.17) is 9.84 Å². The number of ketones is 3. The average molecular weight is 1350 g/mol. The third-order valence-electron chi connectivity index (χ3n) is 6.67. The largest absolute Gasteiger partial charge is 0.497 e. The zero-order valence-electron chi connectivity index (χ0n) is 59.8. The number of benzene rings is 6. The smallest absolute Gasteiger partial charge is 0.175 e. The highest BCUT2D eigenvalue weighted by Gasteiger charge is 2.03. The Morgan fingerprint density at radius 3 is 0.841 bits per heavy atom. The number of hydrogen-bond donors (Lipinski definition) is 1. The molecule has 6 aromatic carbocycles. The summed E-state index contributed by atoms with van der Waals surface area (Å²) in [6, 6.07) is 56.6. The number of hydrogen-bond acceptors (Lipinski definition) is 14. The van der Waals surface area contributed by atoms with Gasteiger partial charge in [0.05, 0.1) is 18.1 Å². The molecule has 0 aliphatic heterocycles. The second-order valence-electron chi connectivity index (χ2n) is 15.4. The molecule has 0 saturated heterocycles. The number of para-hydroxylation sites is 1. The molecule has 0 saturated carbocycles. The van der Waals surface area contributed by atoms with Crippen LogP contribution >= 0.6 is 23.5 Å². The average Bonchev–Trinajstić information content (AvgIpc) is 3.52. The van der Waals surface area contributed by atoms with Crippen LogP contribution in [0.1, 0.15) is 147 Å². The predicted molar refractivity (Wildman–Crippen MR) is 397 cm³/mol. The van der Waals surface area contributed by atoms with Gasteiger partial charge < -0.3 is 24.2 Å². The second kappa shape index (κ2) is 90.7. The Morgan fingerprint density at radius 1 is 0.466 bits per heavy atom. The summed E-state index contributed by atoms with van der Waals surface area (Å²) in [5, 5.41) is 9.02. The second-order valence-corrected chi connectivity index (χ2v) is 24.3. The van der Waals surface area contributed by atoms with Gasteiger partial charge in [-0.1, -0.05) is 217 Å². The van der Waals surface area contributed by atoms with Crippen molar-refractivity contribution < 1.29 is 54.2 Å². The number of carbonyl (C=O) groups is 3. The molecule has 2 unspecified atom stereocenters. The predicted octanol–water partition coefficient (Wildman–Crippen LogP) is 18.5. The summed E-state index contributed by atoms with van der Waals surface area (Å²) in [6.07, 6.45) is 14.3. The number of rotatable bonds is 6. The topological polar surface area (TPSA) is 192 Å². The van der Waals surface area contributed by atoms with Crippen LogP contribution in [0, 0.1) is 0 Å². The highest BCUT2D eigenvalue weighted by atomic mass is 32.2. The Kier molecular flexibility index (Phi) is 114. The zero-order valence-corrected chi connectivity index (χ0v) is 64.7. The molecule has 2 atom stereocenters. The van der Waals surface area contributed by atoms with Gasteiger partial charge in [-0.25, -0.2) is 16.8 Å². The maximum Gasteiger partial charge on any atom is 0.175 e. The SMILES string of the molecule is CC.CC.CC.CC.CC.CC.CC(=O)c1ccccc1.CC(C)=O.CC(C)=O.CC(O)c1ccccc1.COC.COc1ccccc1.CS(=O)(=O)c1ccccc1.CS(=O)c1ccccc1.CS(C)(=O)=O.CS(C)=O.CSC.CSc1ccccc1. The van der Waals surface area contributed by atoms with E-state index < -0.39 is 41.3 Å². The quantitative estimate of drug-likeness (QED) is 0.122. The monoisotopic (exact) mass is 1350 g/mol. The summed E-state index contributed by atoms with van der Waals surface area (Å²) in [5.41, 5.74) is 1.75. The van der Waals surface area contributed by atoms with Gasteiger partial charge in [0, 0.05) is 88.7 Å². The van der Waals surface area contributed by atoms with Gasteiger partial charge >= 0.3 is 0 Å². The number of carbonyl (C=O) groups excluding carboxylic acids is 3. The number of methoxy groups -OCH3 is 2. The molecule has 0 aliphatic carbocycles. The van der Waals surface area contributed by atoms with Crippen molar-refractivity contribution in [1.29, 1.82) is 0 Å². The maximum absolute atomic E-state index is 10.8. The first kappa shape index (κ1) is 111. The van der Waals surface area contributed by atoms with Crippen molar-refractivity contribution >= 4 is 82.1 Å². The van der Waals surface area contributed by atoms with Crippen LogP contribution in [0.2, 0.25) is 0 Å². The van der Waals surface area contributed by atoms with Crippen LogP contribution in [0.15, 0.2) is 197 Å². The highest BCUT2D eigenvalue weighted by molar-refractivity contribution is 7.98. The van der Waals surface area contributed by atoms with Crippen molar-refractivity contribution in [2.45, 2.75) is 145 Å². The van der Waals surface area contributed by atoms with Crippen molar-refractivity contribution in [3.05, 3.63) is 193 Å². The molecule has 0 heterocycles. The first-order valence-electron chi connectivity index (χ1n) is 28.7. The molecule has 6 aromatic rings. The van der Waals surface area contributed by atoms with E-state index in [-0.39, 0.29) is 23.5 Å². The Bertz CT molecular complexity index is 2380. The number of thioether (sulfide) groups is 2. The van der Waals surface area contributed by atoms with Gasteiger partial charge in [-0.3, -0.25) is 13.2 Å². The minimum Gasteiger partial charge on any atom is -0.497 e. The van der Waals surface area contributed by atoms with Crippen LogP contribution < -0.4 is 4.74 Å². The number of Topliss-reactive ketones (excluding diaryl/α,β-unsaturated/α-hetero) is 3. The number of sulfone groups is 2. The summed E-state index contributed by atoms with van der Waals surface area (Å²) in [5.74, 6) is 1.36. The Hall–Kier alpha value is -5.05. The zero-order chi connectivity index (χ0) is 72.0. The fourth-order valence-corrected chi connectivity index (χ4v) is 5.42. The molecular weight excluding hydrogens is 1230 g/mol. The highest BCUT2D eigenvalue weighted by Crippen LogP contribution is 2.12. The lowest BCUT2D eigenvalue weighted by molar-refractivity contribution is -0.115. The van der Waals surface area contributed by atoms with Gasteiger partial charge in [-0.05, 0) is 114 Å². The lowest BCUT2D eigenvalue weighted by Gasteiger charge is -2.00. The summed E-state index contributed by atoms with van der Waals surface area (Å²) in [6.45, 7) is 33.4. The molecule has 12 nitrogen and oxygen atoms in total. The number of ether oxygens (including phenoxy) is 2. The normalized spacial score (nSPS) is 8.95. The van der Waals surface area contributed by atoms with Gasteiger partial charge in [0.25, 0.3) is 0 Å². The van der Waals surface area contributed by atoms with Gasteiger partial charge in [0.15, 0.2) is 15.6 Å². The van der Waals surface area contributed by atoms with Gasteiger partial charge in [0.1, 0.15) is 27.2 Å². The van der Waals surface area contributed by atoms with Crippen LogP contribution in [0.25, 0.3) is 0 Å². The summed E-state index contributed by atoms with van der Waals surface area (Å²) in [7, 11) is -2.20. The minimum absolute atomic E-state index is 0.121. The first-order valence-corrected chi connectivity index (χ1v) is 39.2. The molecule has 0 radical (unpaired) electrons. The van der Waals surface area contributed by atoms with Crippen molar-refractivity contribution in [3.8, 4) is 5.75 Å². The van der Waals surface area contributed by atoms with Crippen LogP contribution in [-0.4, -0.2) is 125 Å². The van der Waals surface area contributed by atoms with Gasteiger partial charge in [0.2, 0.25) is 0 Å². The molecule has 510 valence electrons. The Balaban J connectivity index is -0.0000000716. The number of aliphatic hydroxyl groups is 1. The molecule has 0 aromatic heterocycles. The number of aliphatic hydroxyl groups excluding tert-OH is 1. The molecule has 18 heteroatoms. The van der Waals surface area contributed by atoms with E-state index in [1.54, 1.807) is 108 Å². The van der Waals surface area contributed by atoms with E-state index in [1.807, 2.05) is 235 Å². The van der Waals surface area contributed by atoms with Crippen LogP contribution in [0.5, 0.6) is 5.75 Å². The molecule has 1 N–H and O–H groups in total. The molecular formula is C70H122O12S6. The molecule has 0 aliphatic rings. The van der Waals surface area contributed by atoms with E-state index in [0.717, 1.165) is 34.3 Å². The molecule has 6 rings (SSSR count). The minimum atomic E-state index is -3.00. The van der Waals surface area contributed by atoms with Crippen molar-refractivity contribution in [1.82, 2.24) is 0 Å². The van der Waals surface area contributed by atoms with Crippen LogP contribution in [0.4, 0.5) is 0 Å². The fraction of sp³-hybridized carbons (Fsp3) is 0.443. The van der Waals surface area contributed by atoms with E-state index in [1.165, 1.54) is 38.8 Å². The molecule has 0 fully saturated rings. The van der Waals surface area contributed by atoms with Crippen molar-refractivity contribution in [2.24, 2.45) is 0 Å². The van der Waals surface area contributed by atoms with Crippen LogP contribution in [-0.2, 0) is 55.6 Å². The lowest BCUT2D eigenvalue weighted by Crippen LogP contribution is -1.95. The molecule has 88 heavy (non-hydrogen) atoms. The van der Waals surface area contributed by atoms with Crippen molar-refractivity contribution in [2.75, 3.05) is 77.6 Å².